The molecule has 98 valence electrons. The Bertz CT molecular complexity index is 235. The molecule has 0 aliphatic heterocycles. The van der Waals surface area contributed by atoms with Gasteiger partial charge in [-0.05, 0) is 61.7 Å². The van der Waals surface area contributed by atoms with Crippen LogP contribution in [0.4, 0.5) is 0 Å². The van der Waals surface area contributed by atoms with E-state index in [4.69, 9.17) is 0 Å². The van der Waals surface area contributed by atoms with Gasteiger partial charge in [0.25, 0.3) is 0 Å². The van der Waals surface area contributed by atoms with Crippen LogP contribution >= 0.6 is 0 Å². The van der Waals surface area contributed by atoms with Gasteiger partial charge >= 0.3 is 0 Å². The molecule has 0 heterocycles. The van der Waals surface area contributed by atoms with Crippen molar-refractivity contribution in [3.8, 4) is 0 Å². The summed E-state index contributed by atoms with van der Waals surface area (Å²) in [4.78, 5) is 0. The summed E-state index contributed by atoms with van der Waals surface area (Å²) in [6.45, 7) is 2.62. The van der Waals surface area contributed by atoms with Crippen LogP contribution in [0.5, 0.6) is 0 Å². The molecule has 0 aromatic heterocycles. The molecule has 0 unspecified atom stereocenters. The zero-order valence-electron chi connectivity index (χ0n) is 11.7. The Morgan fingerprint density at radius 1 is 0.647 bits per heavy atom. The predicted octanol–water partition coefficient (Wildman–Crippen LogP) is 5.56. The lowest BCUT2D eigenvalue weighted by Gasteiger charge is -2.43. The van der Waals surface area contributed by atoms with E-state index in [0.29, 0.717) is 0 Å². The first-order valence-corrected chi connectivity index (χ1v) is 8.28. The summed E-state index contributed by atoms with van der Waals surface area (Å²) in [7, 11) is 0. The van der Waals surface area contributed by atoms with Crippen molar-refractivity contribution < 1.29 is 0 Å². The standard InChI is InChI=1S/C17H30/c1-17(16-8-4-5-9-16)12-10-15(11-13-17)14-6-2-3-7-14/h14-16H,2-13H2,1H3. The first-order valence-electron chi connectivity index (χ1n) is 8.28. The summed E-state index contributed by atoms with van der Waals surface area (Å²) in [6, 6.07) is 0. The predicted molar refractivity (Wildman–Crippen MR) is 74.0 cm³/mol. The molecule has 3 saturated carbocycles. The van der Waals surface area contributed by atoms with Gasteiger partial charge in [0.1, 0.15) is 0 Å². The monoisotopic (exact) mass is 234 g/mol. The molecular formula is C17H30. The Morgan fingerprint density at radius 2 is 1.12 bits per heavy atom. The minimum atomic E-state index is 0.742. The van der Waals surface area contributed by atoms with Crippen LogP contribution in [-0.4, -0.2) is 0 Å². The highest BCUT2D eigenvalue weighted by atomic mass is 14.5. The van der Waals surface area contributed by atoms with Gasteiger partial charge in [-0.1, -0.05) is 45.4 Å². The number of hydrogen-bond acceptors (Lipinski definition) is 0. The van der Waals surface area contributed by atoms with Crippen LogP contribution in [0.25, 0.3) is 0 Å². The third-order valence-corrected chi connectivity index (χ3v) is 6.58. The van der Waals surface area contributed by atoms with Crippen LogP contribution in [0.15, 0.2) is 0 Å². The first-order chi connectivity index (χ1) is 8.28. The molecule has 0 spiro atoms. The van der Waals surface area contributed by atoms with E-state index in [-0.39, 0.29) is 0 Å². The van der Waals surface area contributed by atoms with Crippen LogP contribution < -0.4 is 0 Å². The quantitative estimate of drug-likeness (QED) is 0.586. The Kier molecular flexibility index (Phi) is 3.50. The van der Waals surface area contributed by atoms with Crippen molar-refractivity contribution in [2.75, 3.05) is 0 Å². The second-order valence-electron chi connectivity index (χ2n) is 7.52. The van der Waals surface area contributed by atoms with E-state index in [9.17, 15) is 0 Å². The Hall–Kier alpha value is 0. The Labute approximate surface area is 108 Å². The smallest absolute Gasteiger partial charge is 0.0297 e. The van der Waals surface area contributed by atoms with Gasteiger partial charge in [-0.15, -0.1) is 0 Å². The van der Waals surface area contributed by atoms with Gasteiger partial charge in [-0.3, -0.25) is 0 Å². The summed E-state index contributed by atoms with van der Waals surface area (Å²) < 4.78 is 0. The van der Waals surface area contributed by atoms with E-state index in [1.54, 1.807) is 51.4 Å². The molecule has 0 heteroatoms. The van der Waals surface area contributed by atoms with E-state index in [1.165, 1.54) is 25.7 Å². The third-order valence-electron chi connectivity index (χ3n) is 6.58. The van der Waals surface area contributed by atoms with Crippen molar-refractivity contribution in [2.24, 2.45) is 23.2 Å². The summed E-state index contributed by atoms with van der Waals surface area (Å²) >= 11 is 0. The van der Waals surface area contributed by atoms with Crippen molar-refractivity contribution in [2.45, 2.75) is 84.0 Å². The zero-order valence-corrected chi connectivity index (χ0v) is 11.7. The molecule has 0 nitrogen and oxygen atoms in total. The fourth-order valence-electron chi connectivity index (χ4n) is 5.23. The average molecular weight is 234 g/mol. The molecule has 0 saturated heterocycles. The normalized spacial score (nSPS) is 41.1. The second-order valence-corrected chi connectivity index (χ2v) is 7.52. The lowest BCUT2D eigenvalue weighted by atomic mass is 9.62. The minimum absolute atomic E-state index is 0.742. The third kappa shape index (κ3) is 2.42. The van der Waals surface area contributed by atoms with E-state index >= 15 is 0 Å². The summed E-state index contributed by atoms with van der Waals surface area (Å²) in [5, 5.41) is 0. The summed E-state index contributed by atoms with van der Waals surface area (Å²) in [5.41, 5.74) is 0.742. The van der Waals surface area contributed by atoms with E-state index < -0.39 is 0 Å². The van der Waals surface area contributed by atoms with Crippen LogP contribution in [0.2, 0.25) is 0 Å². The molecule has 0 amide bonds. The van der Waals surface area contributed by atoms with Crippen LogP contribution in [0.1, 0.15) is 84.0 Å². The van der Waals surface area contributed by atoms with Gasteiger partial charge in [-0.25, -0.2) is 0 Å². The topological polar surface area (TPSA) is 0 Å². The summed E-state index contributed by atoms with van der Waals surface area (Å²) in [6.07, 6.45) is 18.6. The summed E-state index contributed by atoms with van der Waals surface area (Å²) in [5.74, 6) is 3.34. The molecule has 3 aliphatic carbocycles. The molecule has 0 aromatic rings. The highest BCUT2D eigenvalue weighted by Gasteiger charge is 2.40. The molecular weight excluding hydrogens is 204 g/mol. The maximum absolute atomic E-state index is 2.62. The molecule has 3 aliphatic rings. The van der Waals surface area contributed by atoms with E-state index in [0.717, 1.165) is 23.2 Å². The number of hydrogen-bond donors (Lipinski definition) is 0. The minimum Gasteiger partial charge on any atom is -0.0594 e. The largest absolute Gasteiger partial charge is 0.0594 e. The molecule has 3 rings (SSSR count). The fraction of sp³-hybridized carbons (Fsp3) is 1.00. The molecule has 17 heavy (non-hydrogen) atoms. The zero-order chi connectivity index (χ0) is 11.7. The molecule has 0 atom stereocenters. The van der Waals surface area contributed by atoms with E-state index in [2.05, 4.69) is 6.92 Å². The highest BCUT2D eigenvalue weighted by Crippen LogP contribution is 2.52. The van der Waals surface area contributed by atoms with Crippen molar-refractivity contribution in [1.29, 1.82) is 0 Å². The Balaban J connectivity index is 1.55. The van der Waals surface area contributed by atoms with Crippen LogP contribution in [0.3, 0.4) is 0 Å². The molecule has 0 radical (unpaired) electrons. The average Bonchev–Trinajstić information content (AvgIpc) is 3.04. The van der Waals surface area contributed by atoms with Gasteiger partial charge < -0.3 is 0 Å². The Morgan fingerprint density at radius 3 is 1.71 bits per heavy atom. The lowest BCUT2D eigenvalue weighted by Crippen LogP contribution is -2.32. The van der Waals surface area contributed by atoms with Crippen LogP contribution in [0, 0.1) is 23.2 Å². The van der Waals surface area contributed by atoms with Crippen LogP contribution in [-0.2, 0) is 0 Å². The molecule has 0 N–H and O–H groups in total. The van der Waals surface area contributed by atoms with Gasteiger partial charge in [0.15, 0.2) is 0 Å². The van der Waals surface area contributed by atoms with Crippen molar-refractivity contribution >= 4 is 0 Å². The molecule has 0 bridgehead atoms. The van der Waals surface area contributed by atoms with Gasteiger partial charge in [-0.2, -0.15) is 0 Å². The fourth-order valence-corrected chi connectivity index (χ4v) is 5.23. The van der Waals surface area contributed by atoms with Crippen molar-refractivity contribution in [3.05, 3.63) is 0 Å². The van der Waals surface area contributed by atoms with Crippen molar-refractivity contribution in [1.82, 2.24) is 0 Å². The maximum atomic E-state index is 2.62. The van der Waals surface area contributed by atoms with Crippen molar-refractivity contribution in [3.63, 3.8) is 0 Å². The SMILES string of the molecule is CC1(C2CCCC2)CCC(C2CCCC2)CC1. The second kappa shape index (κ2) is 4.94. The number of rotatable bonds is 2. The van der Waals surface area contributed by atoms with Gasteiger partial charge in [0.2, 0.25) is 0 Å². The van der Waals surface area contributed by atoms with E-state index in [1.807, 2.05) is 0 Å². The maximum Gasteiger partial charge on any atom is -0.0297 e. The van der Waals surface area contributed by atoms with Gasteiger partial charge in [0, 0.05) is 0 Å². The highest BCUT2D eigenvalue weighted by molar-refractivity contribution is 4.91. The molecule has 3 fully saturated rings. The lowest BCUT2D eigenvalue weighted by molar-refractivity contribution is 0.0761. The molecule has 0 aromatic carbocycles. The first kappa shape index (κ1) is 12.1. The van der Waals surface area contributed by atoms with Gasteiger partial charge in [0.05, 0.1) is 0 Å².